The van der Waals surface area contributed by atoms with E-state index in [-0.39, 0.29) is 43.1 Å². The molecule has 1 fully saturated rings. The molecule has 0 bridgehead atoms. The van der Waals surface area contributed by atoms with E-state index >= 15 is 0 Å². The molecule has 1 aliphatic carbocycles. The fourth-order valence-corrected chi connectivity index (χ4v) is 5.29. The summed E-state index contributed by atoms with van der Waals surface area (Å²) in [7, 11) is 0. The van der Waals surface area contributed by atoms with Gasteiger partial charge in [-0.1, -0.05) is 44.0 Å². The zero-order valence-electron chi connectivity index (χ0n) is 24.2. The molecule has 0 amide bonds. The lowest BCUT2D eigenvalue weighted by molar-refractivity contribution is -0.277. The maximum absolute atomic E-state index is 14.9. The van der Waals surface area contributed by atoms with Crippen LogP contribution in [0.1, 0.15) is 80.0 Å². The van der Waals surface area contributed by atoms with Gasteiger partial charge < -0.3 is 14.2 Å². The Kier molecular flexibility index (Phi) is 11.1. The van der Waals surface area contributed by atoms with Crippen molar-refractivity contribution in [3.05, 3.63) is 107 Å². The second-order valence-corrected chi connectivity index (χ2v) is 10.9. The maximum atomic E-state index is 14.9. The normalized spacial score (nSPS) is 17.2. The van der Waals surface area contributed by atoms with Gasteiger partial charge in [0.05, 0.1) is 11.7 Å². The van der Waals surface area contributed by atoms with Gasteiger partial charge in [-0.05, 0) is 79.8 Å². The number of halogens is 9. The largest absolute Gasteiger partial charge is 0.456 e. The van der Waals surface area contributed by atoms with Crippen molar-refractivity contribution in [3.63, 3.8) is 0 Å². The summed E-state index contributed by atoms with van der Waals surface area (Å²) in [6.45, 7) is 2.08. The van der Waals surface area contributed by atoms with Crippen LogP contribution in [0.25, 0.3) is 0 Å². The molecule has 0 unspecified atom stereocenters. The number of ether oxygens (including phenoxy) is 3. The van der Waals surface area contributed by atoms with Crippen LogP contribution in [0.5, 0.6) is 11.5 Å². The Labute approximate surface area is 254 Å². The highest BCUT2D eigenvalue weighted by Crippen LogP contribution is 2.42. The first-order valence-electron chi connectivity index (χ1n) is 14.5. The lowest BCUT2D eigenvalue weighted by Crippen LogP contribution is -2.29. The monoisotopic (exact) mass is 646 g/mol. The smallest absolute Gasteiger partial charge is 0.432 e. The second-order valence-electron chi connectivity index (χ2n) is 10.9. The van der Waals surface area contributed by atoms with Gasteiger partial charge in [0.2, 0.25) is 0 Å². The molecule has 244 valence electrons. The number of aryl methyl sites for hydroxylation is 1. The van der Waals surface area contributed by atoms with Crippen LogP contribution in [0.4, 0.5) is 39.5 Å². The third-order valence-electron chi connectivity index (χ3n) is 7.60. The zero-order valence-corrected chi connectivity index (χ0v) is 24.2. The summed E-state index contributed by atoms with van der Waals surface area (Å²) in [6, 6.07) is 9.30. The third-order valence-corrected chi connectivity index (χ3v) is 7.60. The highest BCUT2D eigenvalue weighted by Gasteiger charge is 2.42. The summed E-state index contributed by atoms with van der Waals surface area (Å²) in [4.78, 5) is 0. The number of unbranched alkanes of at least 4 members (excludes halogenated alkanes) is 2. The molecule has 0 spiro atoms. The summed E-state index contributed by atoms with van der Waals surface area (Å²) in [6.07, 6.45) is -6.67. The number of hydrogen-bond acceptors (Lipinski definition) is 3. The molecule has 45 heavy (non-hydrogen) atoms. The van der Waals surface area contributed by atoms with E-state index in [0.29, 0.717) is 6.07 Å². The molecule has 1 saturated carbocycles. The molecule has 3 nitrogen and oxygen atoms in total. The van der Waals surface area contributed by atoms with Crippen LogP contribution in [0.15, 0.2) is 66.9 Å². The first-order chi connectivity index (χ1) is 21.3. The van der Waals surface area contributed by atoms with Crippen LogP contribution in [0.2, 0.25) is 0 Å². The molecule has 0 heterocycles. The minimum Gasteiger partial charge on any atom is -0.456 e. The summed E-state index contributed by atoms with van der Waals surface area (Å²) in [5.41, 5.74) is -0.973. The minimum atomic E-state index is -4.59. The number of benzene rings is 3. The van der Waals surface area contributed by atoms with Crippen LogP contribution in [0.3, 0.4) is 0 Å². The lowest BCUT2D eigenvalue weighted by Gasteiger charge is -2.31. The van der Waals surface area contributed by atoms with E-state index in [0.717, 1.165) is 55.5 Å². The Balaban J connectivity index is 1.37. The van der Waals surface area contributed by atoms with Crippen LogP contribution < -0.4 is 9.47 Å². The number of rotatable bonds is 13. The van der Waals surface area contributed by atoms with Crippen molar-refractivity contribution >= 4 is 0 Å². The second kappa shape index (κ2) is 14.6. The van der Waals surface area contributed by atoms with Gasteiger partial charge in [-0.2, -0.15) is 26.3 Å². The molecule has 0 N–H and O–H groups in total. The summed E-state index contributed by atoms with van der Waals surface area (Å²) in [5, 5.41) is 0. The van der Waals surface area contributed by atoms with Gasteiger partial charge in [0, 0.05) is 6.07 Å². The van der Waals surface area contributed by atoms with Crippen LogP contribution in [0, 0.1) is 17.5 Å². The molecule has 1 aliphatic rings. The summed E-state index contributed by atoms with van der Waals surface area (Å²) < 4.78 is 141. The predicted molar refractivity (Wildman–Crippen MR) is 148 cm³/mol. The molecule has 0 atom stereocenters. The van der Waals surface area contributed by atoms with Gasteiger partial charge in [-0.15, -0.1) is 0 Å². The topological polar surface area (TPSA) is 27.7 Å². The van der Waals surface area contributed by atoms with Crippen molar-refractivity contribution < 1.29 is 53.7 Å². The van der Waals surface area contributed by atoms with Crippen molar-refractivity contribution in [2.75, 3.05) is 0 Å². The molecule has 0 aromatic heterocycles. The molecule has 0 radical (unpaired) electrons. The van der Waals surface area contributed by atoms with E-state index in [1.165, 1.54) is 12.1 Å². The molecule has 12 heteroatoms. The van der Waals surface area contributed by atoms with Crippen LogP contribution in [-0.2, 0) is 23.4 Å². The summed E-state index contributed by atoms with van der Waals surface area (Å²) in [5.74, 6) is -6.67. The van der Waals surface area contributed by atoms with Gasteiger partial charge in [0.1, 0.15) is 22.9 Å². The molecule has 4 rings (SSSR count). The fraction of sp³-hybridized carbons (Fsp3) is 0.394. The van der Waals surface area contributed by atoms with Gasteiger partial charge in [0.15, 0.2) is 17.8 Å². The minimum absolute atomic E-state index is 0.0640. The molecule has 0 saturated heterocycles. The van der Waals surface area contributed by atoms with Gasteiger partial charge in [-0.25, -0.2) is 13.2 Å². The summed E-state index contributed by atoms with van der Waals surface area (Å²) >= 11 is 0. The Morgan fingerprint density at radius 3 is 2.02 bits per heavy atom. The van der Waals surface area contributed by atoms with Gasteiger partial charge in [0.25, 0.3) is 0 Å². The third kappa shape index (κ3) is 8.96. The highest BCUT2D eigenvalue weighted by atomic mass is 19.3. The van der Waals surface area contributed by atoms with E-state index in [1.54, 1.807) is 12.1 Å². The van der Waals surface area contributed by atoms with Crippen molar-refractivity contribution in [1.29, 1.82) is 0 Å². The predicted octanol–water partition coefficient (Wildman–Crippen LogP) is 10.9. The van der Waals surface area contributed by atoms with E-state index in [1.807, 2.05) is 0 Å². The van der Waals surface area contributed by atoms with Crippen molar-refractivity contribution in [2.45, 2.75) is 82.5 Å². The molecule has 0 aliphatic heterocycles. The Hall–Kier alpha value is -3.67. The number of alkyl halides is 4. The van der Waals surface area contributed by atoms with E-state index < -0.39 is 64.8 Å². The van der Waals surface area contributed by atoms with Gasteiger partial charge >= 0.3 is 18.3 Å². The fourth-order valence-electron chi connectivity index (χ4n) is 5.29. The quantitative estimate of drug-likeness (QED) is 0.105. The van der Waals surface area contributed by atoms with Crippen LogP contribution in [-0.4, -0.2) is 6.10 Å². The Morgan fingerprint density at radius 1 is 0.800 bits per heavy atom. The van der Waals surface area contributed by atoms with Crippen molar-refractivity contribution in [1.82, 2.24) is 0 Å². The van der Waals surface area contributed by atoms with Crippen molar-refractivity contribution in [2.24, 2.45) is 0 Å². The average molecular weight is 647 g/mol. The molecular formula is C33H31F9O3. The standard InChI is InChI=1S/C33H31F9O3/c1-2-3-4-5-20-6-10-23(11-7-20)32(39,40)44-24-12-8-21(9-13-24)22-16-27(35)31(28(36)17-22)33(41,42)45-25-14-15-29(26(34)18-25)43-19-30(37)38/h6-7,10-11,14-19,21,24H,2-5,8-9,12-13H2,1H3. The highest BCUT2D eigenvalue weighted by molar-refractivity contribution is 5.36. The Bertz CT molecular complexity index is 1440. The van der Waals surface area contributed by atoms with E-state index in [4.69, 9.17) is 4.74 Å². The van der Waals surface area contributed by atoms with Crippen LogP contribution >= 0.6 is 0 Å². The molecule has 3 aromatic carbocycles. The van der Waals surface area contributed by atoms with Gasteiger partial charge in [-0.3, -0.25) is 0 Å². The SMILES string of the molecule is CCCCCc1ccc(C(F)(F)OC2CCC(c3cc(F)c(C(F)(F)Oc4ccc(OC=C(F)F)c(F)c4)c(F)c3)CC2)cc1. The van der Waals surface area contributed by atoms with E-state index in [2.05, 4.69) is 16.4 Å². The number of hydrogen-bond donors (Lipinski definition) is 0. The van der Waals surface area contributed by atoms with E-state index in [9.17, 15) is 39.5 Å². The maximum Gasteiger partial charge on any atom is 0.432 e. The first-order valence-corrected chi connectivity index (χ1v) is 14.5. The Morgan fingerprint density at radius 2 is 1.44 bits per heavy atom. The average Bonchev–Trinajstić information content (AvgIpc) is 2.96. The zero-order chi connectivity index (χ0) is 32.8. The lowest BCUT2D eigenvalue weighted by atomic mass is 9.82. The molecule has 3 aromatic rings. The first kappa shape index (κ1) is 34.2. The molecular weight excluding hydrogens is 615 g/mol. The van der Waals surface area contributed by atoms with Crippen molar-refractivity contribution in [3.8, 4) is 11.5 Å².